The van der Waals surface area contributed by atoms with Gasteiger partial charge in [-0.15, -0.1) is 0 Å². The number of H-pyrrole nitrogens is 1. The molecule has 0 fully saturated rings. The Bertz CT molecular complexity index is 365. The molecule has 8 nitrogen and oxygen atoms in total. The van der Waals surface area contributed by atoms with E-state index in [1.54, 1.807) is 0 Å². The van der Waals surface area contributed by atoms with Crippen LogP contribution in [-0.2, 0) is 20.8 Å². The lowest BCUT2D eigenvalue weighted by molar-refractivity contribution is -0.142. The first kappa shape index (κ1) is 13.1. The summed E-state index contributed by atoms with van der Waals surface area (Å²) in [5, 5.41) is 11.3. The number of imidazole rings is 1. The van der Waals surface area contributed by atoms with Gasteiger partial charge in [-0.1, -0.05) is 0 Å². The monoisotopic (exact) mass is 242 g/mol. The second-order valence-corrected chi connectivity index (χ2v) is 3.36. The van der Waals surface area contributed by atoms with Gasteiger partial charge in [0.25, 0.3) is 0 Å². The molecule has 0 aliphatic rings. The van der Waals surface area contributed by atoms with Crippen molar-refractivity contribution in [2.45, 2.75) is 18.9 Å². The van der Waals surface area contributed by atoms with Crippen LogP contribution in [0.2, 0.25) is 0 Å². The topological polar surface area (TPSA) is 130 Å². The molecule has 0 aromatic carbocycles. The van der Waals surface area contributed by atoms with Crippen molar-refractivity contribution in [3.63, 3.8) is 0 Å². The van der Waals surface area contributed by atoms with E-state index >= 15 is 0 Å². The molecule has 1 rings (SSSR count). The van der Waals surface area contributed by atoms with Gasteiger partial charge in [0.05, 0.1) is 19.4 Å². The average molecular weight is 242 g/mol. The quantitative estimate of drug-likeness (QED) is 0.444. The number of aliphatic carboxylic acids is 1. The Hall–Kier alpha value is -1.93. The minimum atomic E-state index is -1.11. The van der Waals surface area contributed by atoms with Crippen molar-refractivity contribution in [3.05, 3.63) is 18.2 Å². The number of aromatic amines is 1. The van der Waals surface area contributed by atoms with Gasteiger partial charge in [0, 0.05) is 18.3 Å². The molecule has 5 N–H and O–H groups in total. The molecule has 1 amide bonds. The summed E-state index contributed by atoms with van der Waals surface area (Å²) in [5.74, 6) is 3.23. The van der Waals surface area contributed by atoms with Crippen LogP contribution >= 0.6 is 0 Å². The number of rotatable bonds is 7. The Morgan fingerprint density at radius 2 is 2.41 bits per heavy atom. The smallest absolute Gasteiger partial charge is 0.326 e. The molecule has 0 saturated carbocycles. The normalized spacial score (nSPS) is 12.1. The van der Waals surface area contributed by atoms with Gasteiger partial charge in [0.2, 0.25) is 5.91 Å². The van der Waals surface area contributed by atoms with Crippen LogP contribution in [0.15, 0.2) is 12.5 Å². The number of amides is 1. The minimum Gasteiger partial charge on any atom is -0.480 e. The molecule has 1 atom stereocenters. The molecule has 0 bridgehead atoms. The first-order chi connectivity index (χ1) is 8.13. The summed E-state index contributed by atoms with van der Waals surface area (Å²) in [4.78, 5) is 33.0. The minimum absolute atomic E-state index is 0.0171. The average Bonchev–Trinajstić information content (AvgIpc) is 2.78. The molecule has 17 heavy (non-hydrogen) atoms. The highest BCUT2D eigenvalue weighted by Crippen LogP contribution is 1.99. The lowest BCUT2D eigenvalue weighted by atomic mass is 10.1. The number of carbonyl (C=O) groups is 2. The van der Waals surface area contributed by atoms with E-state index in [4.69, 9.17) is 11.0 Å². The number of carboxylic acids is 1. The molecule has 1 aromatic heterocycles. The summed E-state index contributed by atoms with van der Waals surface area (Å²) in [6.07, 6.45) is 3.11. The van der Waals surface area contributed by atoms with Crippen LogP contribution in [0, 0.1) is 0 Å². The fourth-order valence-electron chi connectivity index (χ4n) is 1.23. The molecular formula is C9H14N4O4. The lowest BCUT2D eigenvalue weighted by Crippen LogP contribution is -2.42. The van der Waals surface area contributed by atoms with Crippen LogP contribution in [-0.4, -0.2) is 39.6 Å². The van der Waals surface area contributed by atoms with E-state index < -0.39 is 17.9 Å². The van der Waals surface area contributed by atoms with E-state index in [-0.39, 0.29) is 19.4 Å². The molecule has 1 heterocycles. The maximum Gasteiger partial charge on any atom is 0.326 e. The summed E-state index contributed by atoms with van der Waals surface area (Å²) < 4.78 is 0. The number of hydrogen-bond donors (Lipinski definition) is 4. The van der Waals surface area contributed by atoms with Gasteiger partial charge in [-0.05, 0) is 0 Å². The van der Waals surface area contributed by atoms with Crippen molar-refractivity contribution in [2.24, 2.45) is 5.90 Å². The van der Waals surface area contributed by atoms with Crippen molar-refractivity contribution in [1.29, 1.82) is 0 Å². The standard InChI is InChI=1S/C9H14N4O4/c10-17-2-1-8(14)13-7(9(15)16)3-6-4-11-5-12-6/h4-5,7H,1-3,10H2,(H,11,12)(H,13,14)(H,15,16)/t7-/m0/s1. The molecule has 0 saturated heterocycles. The zero-order chi connectivity index (χ0) is 12.7. The molecule has 1 aromatic rings. The molecule has 94 valence electrons. The maximum atomic E-state index is 11.3. The van der Waals surface area contributed by atoms with Crippen molar-refractivity contribution < 1.29 is 19.5 Å². The van der Waals surface area contributed by atoms with E-state index in [1.165, 1.54) is 12.5 Å². The van der Waals surface area contributed by atoms with Gasteiger partial charge in [-0.2, -0.15) is 0 Å². The zero-order valence-electron chi connectivity index (χ0n) is 9.05. The highest BCUT2D eigenvalue weighted by Gasteiger charge is 2.20. The third-order valence-electron chi connectivity index (χ3n) is 2.06. The number of nitrogens with one attached hydrogen (secondary N) is 2. The van der Waals surface area contributed by atoms with Crippen molar-refractivity contribution >= 4 is 11.9 Å². The molecule has 0 radical (unpaired) electrons. The SMILES string of the molecule is NOCCC(=O)N[C@@H](Cc1cnc[nH]1)C(=O)O. The fraction of sp³-hybridized carbons (Fsp3) is 0.444. The highest BCUT2D eigenvalue weighted by atomic mass is 16.6. The van der Waals surface area contributed by atoms with Gasteiger partial charge < -0.3 is 20.2 Å². The fourth-order valence-corrected chi connectivity index (χ4v) is 1.23. The molecule has 0 unspecified atom stereocenters. The Balaban J connectivity index is 2.49. The molecule has 0 spiro atoms. The first-order valence-electron chi connectivity index (χ1n) is 4.94. The van der Waals surface area contributed by atoms with E-state index in [0.717, 1.165) is 0 Å². The summed E-state index contributed by atoms with van der Waals surface area (Å²) >= 11 is 0. The molecular weight excluding hydrogens is 228 g/mol. The second kappa shape index (κ2) is 6.61. The van der Waals surface area contributed by atoms with Crippen molar-refractivity contribution in [1.82, 2.24) is 15.3 Å². The van der Waals surface area contributed by atoms with Crippen LogP contribution in [0.1, 0.15) is 12.1 Å². The molecule has 8 heteroatoms. The van der Waals surface area contributed by atoms with Gasteiger partial charge in [0.1, 0.15) is 6.04 Å². The van der Waals surface area contributed by atoms with Gasteiger partial charge >= 0.3 is 5.97 Å². The lowest BCUT2D eigenvalue weighted by Gasteiger charge is -2.13. The Kier molecular flexibility index (Phi) is 5.11. The summed E-state index contributed by atoms with van der Waals surface area (Å²) in [6.45, 7) is 0.0439. The number of aromatic nitrogens is 2. The molecule has 0 aliphatic carbocycles. The van der Waals surface area contributed by atoms with Gasteiger partial charge in [0.15, 0.2) is 0 Å². The Morgan fingerprint density at radius 3 is 2.94 bits per heavy atom. The summed E-state index contributed by atoms with van der Waals surface area (Å²) in [6, 6.07) is -0.999. The highest BCUT2D eigenvalue weighted by molar-refractivity contribution is 5.83. The predicted octanol–water partition coefficient (Wildman–Crippen LogP) is -1.20. The largest absolute Gasteiger partial charge is 0.480 e. The predicted molar refractivity (Wildman–Crippen MR) is 56.6 cm³/mol. The Labute approximate surface area is 97.1 Å². The van der Waals surface area contributed by atoms with Crippen molar-refractivity contribution in [2.75, 3.05) is 6.61 Å². The van der Waals surface area contributed by atoms with E-state index in [9.17, 15) is 9.59 Å². The number of hydrogen-bond acceptors (Lipinski definition) is 5. The van der Waals surface area contributed by atoms with Gasteiger partial charge in [-0.25, -0.2) is 15.7 Å². The van der Waals surface area contributed by atoms with Crippen LogP contribution in [0.4, 0.5) is 0 Å². The number of nitrogens with zero attached hydrogens (tertiary/aromatic N) is 1. The van der Waals surface area contributed by atoms with Crippen LogP contribution < -0.4 is 11.2 Å². The van der Waals surface area contributed by atoms with Crippen LogP contribution in [0.5, 0.6) is 0 Å². The third-order valence-corrected chi connectivity index (χ3v) is 2.06. The number of carboxylic acid groups (broad SMARTS) is 1. The summed E-state index contributed by atoms with van der Waals surface area (Å²) in [7, 11) is 0. The number of carbonyl (C=O) groups excluding carboxylic acids is 1. The zero-order valence-corrected chi connectivity index (χ0v) is 9.05. The number of nitrogens with two attached hydrogens (primary N) is 1. The van der Waals surface area contributed by atoms with E-state index in [1.807, 2.05) is 0 Å². The van der Waals surface area contributed by atoms with E-state index in [2.05, 4.69) is 20.1 Å². The van der Waals surface area contributed by atoms with Crippen LogP contribution in [0.3, 0.4) is 0 Å². The Morgan fingerprint density at radius 1 is 1.65 bits per heavy atom. The van der Waals surface area contributed by atoms with Crippen molar-refractivity contribution in [3.8, 4) is 0 Å². The third kappa shape index (κ3) is 4.62. The second-order valence-electron chi connectivity index (χ2n) is 3.36. The summed E-state index contributed by atoms with van der Waals surface area (Å²) in [5.41, 5.74) is 0.632. The maximum absolute atomic E-state index is 11.3. The van der Waals surface area contributed by atoms with Gasteiger partial charge in [-0.3, -0.25) is 4.79 Å². The van der Waals surface area contributed by atoms with E-state index in [0.29, 0.717) is 5.69 Å². The van der Waals surface area contributed by atoms with Crippen LogP contribution in [0.25, 0.3) is 0 Å². The molecule has 0 aliphatic heterocycles. The first-order valence-corrected chi connectivity index (χ1v) is 4.94.